The molecule has 6 nitrogen and oxygen atoms in total. The lowest BCUT2D eigenvalue weighted by Gasteiger charge is -2.07. The first kappa shape index (κ1) is 16.2. The van der Waals surface area contributed by atoms with Gasteiger partial charge in [0.1, 0.15) is 5.82 Å². The van der Waals surface area contributed by atoms with Gasteiger partial charge < -0.3 is 15.2 Å². The number of aryl methyl sites for hydroxylation is 1. The number of hydrogen-bond donors (Lipinski definition) is 2. The zero-order valence-corrected chi connectivity index (χ0v) is 12.9. The van der Waals surface area contributed by atoms with E-state index in [9.17, 15) is 4.79 Å². The summed E-state index contributed by atoms with van der Waals surface area (Å²) in [6.45, 7) is 2.66. The number of aromatic nitrogens is 2. The van der Waals surface area contributed by atoms with Crippen molar-refractivity contribution in [3.05, 3.63) is 35.9 Å². The largest absolute Gasteiger partial charge is 0.394 e. The average molecular weight is 303 g/mol. The highest BCUT2D eigenvalue weighted by Crippen LogP contribution is 2.25. The van der Waals surface area contributed by atoms with E-state index in [1.54, 1.807) is 11.8 Å². The molecule has 2 aromatic rings. The third-order valence-electron chi connectivity index (χ3n) is 3.31. The number of methoxy groups -OCH3 is 1. The van der Waals surface area contributed by atoms with Gasteiger partial charge in [0, 0.05) is 18.7 Å². The smallest absolute Gasteiger partial charge is 0.227 e. The summed E-state index contributed by atoms with van der Waals surface area (Å²) in [4.78, 5) is 11.8. The van der Waals surface area contributed by atoms with Crippen molar-refractivity contribution in [2.45, 2.75) is 19.9 Å². The number of benzene rings is 1. The number of carbonyl (C=O) groups excluding carboxylic acids is 1. The second-order valence-corrected chi connectivity index (χ2v) is 4.97. The van der Waals surface area contributed by atoms with E-state index in [1.807, 2.05) is 37.3 Å². The van der Waals surface area contributed by atoms with Crippen LogP contribution in [0.15, 0.2) is 30.3 Å². The van der Waals surface area contributed by atoms with Crippen LogP contribution in [0, 0.1) is 6.92 Å². The molecule has 0 bridgehead atoms. The molecule has 118 valence electrons. The molecule has 1 heterocycles. The summed E-state index contributed by atoms with van der Waals surface area (Å²) in [6, 6.07) is 9.73. The van der Waals surface area contributed by atoms with Crippen molar-refractivity contribution >= 4 is 11.7 Å². The first-order chi connectivity index (χ1) is 10.7. The van der Waals surface area contributed by atoms with Crippen molar-refractivity contribution in [1.82, 2.24) is 9.78 Å². The molecule has 0 aliphatic heterocycles. The number of ether oxygens (including phenoxy) is 1. The highest BCUT2D eigenvalue weighted by molar-refractivity contribution is 5.90. The summed E-state index contributed by atoms with van der Waals surface area (Å²) in [5.74, 6) is 0.436. The molecule has 1 aromatic carbocycles. The fourth-order valence-electron chi connectivity index (χ4n) is 2.17. The first-order valence-electron chi connectivity index (χ1n) is 7.19. The quantitative estimate of drug-likeness (QED) is 0.818. The Bertz CT molecular complexity index is 637. The van der Waals surface area contributed by atoms with Crippen LogP contribution >= 0.6 is 0 Å². The van der Waals surface area contributed by atoms with Crippen molar-refractivity contribution < 1.29 is 14.6 Å². The number of aliphatic hydroxyl groups is 1. The third kappa shape index (κ3) is 3.93. The van der Waals surface area contributed by atoms with Crippen LogP contribution in [-0.4, -0.2) is 41.1 Å². The summed E-state index contributed by atoms with van der Waals surface area (Å²) in [7, 11) is 1.56. The molecule has 2 rings (SSSR count). The first-order valence-corrected chi connectivity index (χ1v) is 7.19. The van der Waals surface area contributed by atoms with E-state index < -0.39 is 0 Å². The number of nitrogens with zero attached hydrogens (tertiary/aromatic N) is 2. The van der Waals surface area contributed by atoms with Crippen LogP contribution in [0.5, 0.6) is 0 Å². The number of aliphatic hydroxyl groups excluding tert-OH is 1. The molecule has 0 fully saturated rings. The van der Waals surface area contributed by atoms with E-state index in [-0.39, 0.29) is 18.9 Å². The van der Waals surface area contributed by atoms with Gasteiger partial charge in [-0.25, -0.2) is 4.68 Å². The van der Waals surface area contributed by atoms with Gasteiger partial charge >= 0.3 is 0 Å². The topological polar surface area (TPSA) is 76.4 Å². The number of anilines is 1. The van der Waals surface area contributed by atoms with Crippen LogP contribution < -0.4 is 5.32 Å². The van der Waals surface area contributed by atoms with Crippen LogP contribution in [0.1, 0.15) is 12.0 Å². The Morgan fingerprint density at radius 2 is 2.18 bits per heavy atom. The summed E-state index contributed by atoms with van der Waals surface area (Å²) < 4.78 is 6.50. The van der Waals surface area contributed by atoms with E-state index in [0.717, 1.165) is 16.8 Å². The maximum Gasteiger partial charge on any atom is 0.227 e. The number of amides is 1. The lowest BCUT2D eigenvalue weighted by atomic mass is 10.1. The van der Waals surface area contributed by atoms with Crippen LogP contribution in [0.4, 0.5) is 5.82 Å². The van der Waals surface area contributed by atoms with Gasteiger partial charge in [0.2, 0.25) is 5.91 Å². The number of rotatable bonds is 7. The van der Waals surface area contributed by atoms with Gasteiger partial charge in [-0.2, -0.15) is 5.10 Å². The van der Waals surface area contributed by atoms with Crippen molar-refractivity contribution in [3.8, 4) is 11.3 Å². The lowest BCUT2D eigenvalue weighted by molar-refractivity contribution is -0.117. The van der Waals surface area contributed by atoms with Gasteiger partial charge in [0.15, 0.2) is 0 Å². The summed E-state index contributed by atoms with van der Waals surface area (Å²) in [6.07, 6.45) is 0.278. The van der Waals surface area contributed by atoms with Crippen LogP contribution in [-0.2, 0) is 16.1 Å². The van der Waals surface area contributed by atoms with Crippen molar-refractivity contribution in [1.29, 1.82) is 0 Å². The van der Waals surface area contributed by atoms with Gasteiger partial charge in [-0.15, -0.1) is 0 Å². The van der Waals surface area contributed by atoms with Crippen LogP contribution in [0.3, 0.4) is 0 Å². The number of nitrogens with one attached hydrogen (secondary N) is 1. The van der Waals surface area contributed by atoms with E-state index in [2.05, 4.69) is 10.4 Å². The maximum atomic E-state index is 11.8. The zero-order valence-electron chi connectivity index (χ0n) is 12.9. The van der Waals surface area contributed by atoms with Crippen molar-refractivity contribution in [3.63, 3.8) is 0 Å². The molecule has 0 unspecified atom stereocenters. The predicted octanol–water partition coefficient (Wildman–Crippen LogP) is 1.83. The summed E-state index contributed by atoms with van der Waals surface area (Å²) >= 11 is 0. The Morgan fingerprint density at radius 1 is 1.41 bits per heavy atom. The Morgan fingerprint density at radius 3 is 2.86 bits per heavy atom. The SMILES string of the molecule is COCCC(=O)Nc1cc(-c2ccccc2C)nn1CCO. The Hall–Kier alpha value is -2.18. The van der Waals surface area contributed by atoms with Crippen LogP contribution in [0.25, 0.3) is 11.3 Å². The predicted molar refractivity (Wildman–Crippen MR) is 84.6 cm³/mol. The number of hydrogen-bond acceptors (Lipinski definition) is 4. The molecule has 0 aliphatic carbocycles. The van der Waals surface area contributed by atoms with E-state index >= 15 is 0 Å². The minimum atomic E-state index is -0.141. The third-order valence-corrected chi connectivity index (χ3v) is 3.31. The molecule has 2 N–H and O–H groups in total. The Balaban J connectivity index is 2.26. The lowest BCUT2D eigenvalue weighted by Crippen LogP contribution is -2.17. The molecule has 0 radical (unpaired) electrons. The summed E-state index contributed by atoms with van der Waals surface area (Å²) in [5, 5.41) is 16.4. The molecular weight excluding hydrogens is 282 g/mol. The second kappa shape index (κ2) is 7.72. The monoisotopic (exact) mass is 303 g/mol. The molecule has 1 amide bonds. The molecular formula is C16H21N3O3. The second-order valence-electron chi connectivity index (χ2n) is 4.97. The van der Waals surface area contributed by atoms with E-state index in [0.29, 0.717) is 19.0 Å². The standard InChI is InChI=1S/C16H21N3O3/c1-12-5-3-4-6-13(12)14-11-15(19(18-14)8-9-20)17-16(21)7-10-22-2/h3-6,11,20H,7-10H2,1-2H3,(H,17,21). The van der Waals surface area contributed by atoms with Gasteiger partial charge in [-0.05, 0) is 12.5 Å². The van der Waals surface area contributed by atoms with Crippen molar-refractivity contribution in [2.24, 2.45) is 0 Å². The molecule has 6 heteroatoms. The van der Waals surface area contributed by atoms with Crippen LogP contribution in [0.2, 0.25) is 0 Å². The minimum absolute atomic E-state index is 0.0458. The van der Waals surface area contributed by atoms with Gasteiger partial charge in [-0.3, -0.25) is 4.79 Å². The maximum absolute atomic E-state index is 11.8. The molecule has 0 spiro atoms. The molecule has 0 atom stereocenters. The normalized spacial score (nSPS) is 10.7. The highest BCUT2D eigenvalue weighted by Gasteiger charge is 2.13. The minimum Gasteiger partial charge on any atom is -0.394 e. The molecule has 0 saturated heterocycles. The molecule has 0 saturated carbocycles. The van der Waals surface area contributed by atoms with Gasteiger partial charge in [0.05, 0.1) is 31.9 Å². The van der Waals surface area contributed by atoms with Gasteiger partial charge in [-0.1, -0.05) is 24.3 Å². The molecule has 0 aliphatic rings. The molecule has 1 aromatic heterocycles. The zero-order chi connectivity index (χ0) is 15.9. The fraction of sp³-hybridized carbons (Fsp3) is 0.375. The highest BCUT2D eigenvalue weighted by atomic mass is 16.5. The van der Waals surface area contributed by atoms with E-state index in [1.165, 1.54) is 0 Å². The average Bonchev–Trinajstić information content (AvgIpc) is 2.88. The Kier molecular flexibility index (Phi) is 5.68. The Labute approximate surface area is 129 Å². The number of carbonyl (C=O) groups is 1. The fourth-order valence-corrected chi connectivity index (χ4v) is 2.17. The van der Waals surface area contributed by atoms with E-state index in [4.69, 9.17) is 9.84 Å². The molecule has 22 heavy (non-hydrogen) atoms. The summed E-state index contributed by atoms with van der Waals surface area (Å²) in [5.41, 5.74) is 2.88. The van der Waals surface area contributed by atoms with Gasteiger partial charge in [0.25, 0.3) is 0 Å². The van der Waals surface area contributed by atoms with Crippen molar-refractivity contribution in [2.75, 3.05) is 25.6 Å².